The Morgan fingerprint density at radius 3 is 2.60 bits per heavy atom. The molecule has 4 rings (SSSR count). The summed E-state index contributed by atoms with van der Waals surface area (Å²) in [4.78, 5) is 65.9. The quantitative estimate of drug-likeness (QED) is 0.252. The molecule has 2 aromatic rings. The van der Waals surface area contributed by atoms with Gasteiger partial charge in [0, 0.05) is 10.6 Å². The van der Waals surface area contributed by atoms with Gasteiger partial charge >= 0.3 is 5.97 Å². The van der Waals surface area contributed by atoms with Gasteiger partial charge in [-0.1, -0.05) is 30.0 Å². The zero-order chi connectivity index (χ0) is 25.1. The molecule has 12 heteroatoms. The fraction of sp³-hybridized carbons (Fsp3) is 0.217. The van der Waals surface area contributed by atoms with Crippen LogP contribution in [0.5, 0.6) is 0 Å². The number of benzene rings is 1. The Labute approximate surface area is 214 Å². The van der Waals surface area contributed by atoms with E-state index in [1.54, 1.807) is 13.0 Å². The number of rotatable bonds is 7. The van der Waals surface area contributed by atoms with Gasteiger partial charge in [-0.15, -0.1) is 11.3 Å². The summed E-state index contributed by atoms with van der Waals surface area (Å²) in [5, 5.41) is 4.46. The molecular weight excluding hydrogens is 510 g/mol. The number of nitrogens with one attached hydrogen (secondary N) is 1. The van der Waals surface area contributed by atoms with E-state index in [4.69, 9.17) is 17.0 Å². The van der Waals surface area contributed by atoms with Crippen molar-refractivity contribution < 1.29 is 28.7 Å². The number of carbonyl (C=O) groups is 5. The van der Waals surface area contributed by atoms with Gasteiger partial charge in [-0.2, -0.15) is 0 Å². The second kappa shape index (κ2) is 10.5. The number of thiocarbonyl (C=S) groups is 1. The summed E-state index contributed by atoms with van der Waals surface area (Å²) < 4.78 is 5.10. The van der Waals surface area contributed by atoms with Crippen LogP contribution < -0.4 is 5.32 Å². The van der Waals surface area contributed by atoms with E-state index in [9.17, 15) is 24.0 Å². The molecule has 9 nitrogen and oxygen atoms in total. The lowest BCUT2D eigenvalue weighted by Crippen LogP contribution is -2.45. The van der Waals surface area contributed by atoms with Crippen molar-refractivity contribution in [1.82, 2.24) is 9.80 Å². The van der Waals surface area contributed by atoms with Gasteiger partial charge in [-0.3, -0.25) is 29.0 Å². The van der Waals surface area contributed by atoms with Crippen molar-refractivity contribution >= 4 is 81.0 Å². The fourth-order valence-electron chi connectivity index (χ4n) is 3.53. The lowest BCUT2D eigenvalue weighted by atomic mass is 10.2. The molecule has 2 fully saturated rings. The van der Waals surface area contributed by atoms with E-state index >= 15 is 0 Å². The van der Waals surface area contributed by atoms with Gasteiger partial charge in [0.25, 0.3) is 11.8 Å². The molecule has 0 radical (unpaired) electrons. The summed E-state index contributed by atoms with van der Waals surface area (Å²) in [7, 11) is 0. The predicted molar refractivity (Wildman–Crippen MR) is 135 cm³/mol. The topological polar surface area (TPSA) is 113 Å². The van der Waals surface area contributed by atoms with Gasteiger partial charge in [0.1, 0.15) is 16.9 Å². The highest BCUT2D eigenvalue weighted by molar-refractivity contribution is 8.26. The molecule has 1 atom stereocenters. The molecule has 1 N–H and O–H groups in total. The van der Waals surface area contributed by atoms with E-state index in [1.165, 1.54) is 35.6 Å². The summed E-state index contributed by atoms with van der Waals surface area (Å²) in [6.07, 6.45) is 1.45. The average molecular weight is 530 g/mol. The molecule has 2 saturated heterocycles. The van der Waals surface area contributed by atoms with E-state index in [0.29, 0.717) is 16.2 Å². The molecule has 0 spiro atoms. The lowest BCUT2D eigenvalue weighted by molar-refractivity contribution is -0.143. The van der Waals surface area contributed by atoms with Crippen LogP contribution in [-0.4, -0.2) is 62.9 Å². The first-order valence-corrected chi connectivity index (χ1v) is 12.6. The molecule has 1 aromatic heterocycles. The van der Waals surface area contributed by atoms with Crippen LogP contribution in [0, 0.1) is 0 Å². The first-order chi connectivity index (χ1) is 16.8. The SMILES string of the molecule is CCOC(=O)c1ccc(NC(=O)CN2C(=O)C[C@H](N3C(=O)/C(=C/c4cccs4)SC3=S)C2=O)cc1. The molecule has 35 heavy (non-hydrogen) atoms. The Morgan fingerprint density at radius 2 is 1.94 bits per heavy atom. The summed E-state index contributed by atoms with van der Waals surface area (Å²) in [6, 6.07) is 8.64. The number of likely N-dealkylation sites (tertiary alicyclic amines) is 1. The third-order valence-corrected chi connectivity index (χ3v) is 7.30. The highest BCUT2D eigenvalue weighted by atomic mass is 32.2. The molecule has 0 saturated carbocycles. The molecule has 180 valence electrons. The Bertz CT molecular complexity index is 1240. The smallest absolute Gasteiger partial charge is 0.338 e. The molecule has 0 unspecified atom stereocenters. The van der Waals surface area contributed by atoms with Crippen LogP contribution in [0.15, 0.2) is 46.7 Å². The van der Waals surface area contributed by atoms with Gasteiger partial charge < -0.3 is 10.1 Å². The van der Waals surface area contributed by atoms with E-state index in [0.717, 1.165) is 26.4 Å². The van der Waals surface area contributed by atoms with Gasteiger partial charge in [-0.05, 0) is 48.7 Å². The van der Waals surface area contributed by atoms with Crippen molar-refractivity contribution in [3.63, 3.8) is 0 Å². The molecule has 3 heterocycles. The van der Waals surface area contributed by atoms with Gasteiger partial charge in [-0.25, -0.2) is 4.79 Å². The number of hydrogen-bond donors (Lipinski definition) is 1. The van der Waals surface area contributed by atoms with Gasteiger partial charge in [0.15, 0.2) is 0 Å². The minimum Gasteiger partial charge on any atom is -0.462 e. The second-order valence-corrected chi connectivity index (χ2v) is 10.1. The largest absolute Gasteiger partial charge is 0.462 e. The normalized spacial score (nSPS) is 19.1. The number of amides is 4. The van der Waals surface area contributed by atoms with Crippen LogP contribution in [0.1, 0.15) is 28.6 Å². The number of esters is 1. The summed E-state index contributed by atoms with van der Waals surface area (Å²) in [5.41, 5.74) is 0.712. The van der Waals surface area contributed by atoms with E-state index < -0.39 is 42.2 Å². The molecular formula is C23H19N3O6S3. The number of ether oxygens (including phenoxy) is 1. The Hall–Kier alpha value is -3.35. The highest BCUT2D eigenvalue weighted by Crippen LogP contribution is 2.36. The van der Waals surface area contributed by atoms with E-state index in [1.807, 2.05) is 17.5 Å². The lowest BCUT2D eigenvalue weighted by Gasteiger charge is -2.21. The average Bonchev–Trinajstić information content (AvgIpc) is 3.50. The number of imide groups is 1. The Balaban J connectivity index is 1.40. The van der Waals surface area contributed by atoms with Crippen LogP contribution in [0.4, 0.5) is 5.69 Å². The van der Waals surface area contributed by atoms with Crippen molar-refractivity contribution in [3.8, 4) is 0 Å². The first-order valence-electron chi connectivity index (χ1n) is 10.5. The van der Waals surface area contributed by atoms with Crippen molar-refractivity contribution in [3.05, 3.63) is 57.1 Å². The second-order valence-electron chi connectivity index (χ2n) is 7.45. The maximum Gasteiger partial charge on any atom is 0.338 e. The number of thiophene rings is 1. The molecule has 2 aliphatic rings. The van der Waals surface area contributed by atoms with Gasteiger partial charge in [0.05, 0.1) is 23.5 Å². The number of carbonyl (C=O) groups excluding carboxylic acids is 5. The van der Waals surface area contributed by atoms with Crippen LogP contribution in [-0.2, 0) is 23.9 Å². The fourth-order valence-corrected chi connectivity index (χ4v) is 5.61. The molecule has 2 aliphatic heterocycles. The molecule has 0 aliphatic carbocycles. The van der Waals surface area contributed by atoms with Crippen molar-refractivity contribution in [2.75, 3.05) is 18.5 Å². The standard InChI is InChI=1S/C23H19N3O6S3/c1-2-32-22(31)13-5-7-14(8-6-13)24-18(27)12-25-19(28)11-16(20(25)29)26-21(30)17(35-23(26)33)10-15-4-3-9-34-15/h3-10,16H,2,11-12H2,1H3,(H,24,27)/b17-10-/t16-/m0/s1. The van der Waals surface area contributed by atoms with Crippen molar-refractivity contribution in [1.29, 1.82) is 0 Å². The van der Waals surface area contributed by atoms with Gasteiger partial charge in [0.2, 0.25) is 11.8 Å². The Kier molecular flexibility index (Phi) is 7.43. The monoisotopic (exact) mass is 529 g/mol. The minimum atomic E-state index is -1.08. The van der Waals surface area contributed by atoms with Crippen LogP contribution in [0.3, 0.4) is 0 Å². The number of nitrogens with zero attached hydrogens (tertiary/aromatic N) is 2. The maximum absolute atomic E-state index is 13.0. The third kappa shape index (κ3) is 5.34. The summed E-state index contributed by atoms with van der Waals surface area (Å²) in [6.45, 7) is 1.44. The summed E-state index contributed by atoms with van der Waals surface area (Å²) in [5.74, 6) is -2.74. The van der Waals surface area contributed by atoms with Crippen molar-refractivity contribution in [2.24, 2.45) is 0 Å². The zero-order valence-corrected chi connectivity index (χ0v) is 20.8. The molecule has 0 bridgehead atoms. The van der Waals surface area contributed by atoms with E-state index in [2.05, 4.69) is 5.32 Å². The first kappa shape index (κ1) is 24.8. The van der Waals surface area contributed by atoms with Crippen molar-refractivity contribution in [2.45, 2.75) is 19.4 Å². The number of thioether (sulfide) groups is 1. The zero-order valence-electron chi connectivity index (χ0n) is 18.4. The van der Waals surface area contributed by atoms with Crippen LogP contribution >= 0.6 is 35.3 Å². The third-order valence-electron chi connectivity index (χ3n) is 5.15. The predicted octanol–water partition coefficient (Wildman–Crippen LogP) is 2.89. The molecule has 1 aromatic carbocycles. The van der Waals surface area contributed by atoms with E-state index in [-0.39, 0.29) is 17.3 Å². The van der Waals surface area contributed by atoms with Crippen LogP contribution in [0.2, 0.25) is 0 Å². The maximum atomic E-state index is 13.0. The van der Waals surface area contributed by atoms with Crippen LogP contribution in [0.25, 0.3) is 6.08 Å². The minimum absolute atomic E-state index is 0.192. The number of hydrogen-bond acceptors (Lipinski definition) is 9. The Morgan fingerprint density at radius 1 is 1.20 bits per heavy atom. The number of anilines is 1. The summed E-state index contributed by atoms with van der Waals surface area (Å²) >= 11 is 7.85. The highest BCUT2D eigenvalue weighted by Gasteiger charge is 2.48. The molecule has 4 amide bonds.